The first-order valence-electron chi connectivity index (χ1n) is 8.75. The van der Waals surface area contributed by atoms with E-state index in [1.807, 2.05) is 30.3 Å². The second kappa shape index (κ2) is 8.76. The molecule has 0 saturated heterocycles. The van der Waals surface area contributed by atoms with E-state index in [0.717, 1.165) is 31.2 Å². The number of halogens is 2. The van der Waals surface area contributed by atoms with Crippen LogP contribution in [0.3, 0.4) is 0 Å². The molecular weight excluding hydrogens is 371 g/mol. The third-order valence-corrected chi connectivity index (χ3v) is 5.34. The van der Waals surface area contributed by atoms with Crippen molar-refractivity contribution >= 4 is 29.1 Å². The Kier molecular flexibility index (Phi) is 6.41. The SMILES string of the molecule is NC1CCC(NC(=O)C(Oc2ccc(Cl)c(Cl)c2)c2ccccc2)CC1. The van der Waals surface area contributed by atoms with E-state index in [1.165, 1.54) is 0 Å². The smallest absolute Gasteiger partial charge is 0.266 e. The Hall–Kier alpha value is -1.75. The molecule has 26 heavy (non-hydrogen) atoms. The number of ether oxygens (including phenoxy) is 1. The van der Waals surface area contributed by atoms with Crippen molar-refractivity contribution in [3.05, 3.63) is 64.1 Å². The molecule has 1 amide bonds. The second-order valence-electron chi connectivity index (χ2n) is 6.60. The number of hydrogen-bond donors (Lipinski definition) is 2. The Morgan fingerprint density at radius 2 is 1.73 bits per heavy atom. The molecule has 0 spiro atoms. The average Bonchev–Trinajstić information content (AvgIpc) is 2.65. The first-order chi connectivity index (χ1) is 12.5. The van der Waals surface area contributed by atoms with Crippen LogP contribution in [-0.4, -0.2) is 18.0 Å². The predicted molar refractivity (Wildman–Crippen MR) is 105 cm³/mol. The van der Waals surface area contributed by atoms with Gasteiger partial charge in [0.05, 0.1) is 10.0 Å². The lowest BCUT2D eigenvalue weighted by atomic mass is 9.91. The second-order valence-corrected chi connectivity index (χ2v) is 7.42. The predicted octanol–water partition coefficient (Wildman–Crippen LogP) is 4.50. The van der Waals surface area contributed by atoms with E-state index in [4.69, 9.17) is 33.7 Å². The van der Waals surface area contributed by atoms with Gasteiger partial charge in [0.25, 0.3) is 5.91 Å². The molecule has 1 atom stereocenters. The van der Waals surface area contributed by atoms with Crippen molar-refractivity contribution in [2.45, 2.75) is 43.9 Å². The highest BCUT2D eigenvalue weighted by atomic mass is 35.5. The molecule has 1 saturated carbocycles. The zero-order valence-corrected chi connectivity index (χ0v) is 15.8. The Morgan fingerprint density at radius 1 is 1.04 bits per heavy atom. The van der Waals surface area contributed by atoms with E-state index in [9.17, 15) is 4.79 Å². The molecule has 3 N–H and O–H groups in total. The van der Waals surface area contributed by atoms with E-state index in [1.54, 1.807) is 18.2 Å². The van der Waals surface area contributed by atoms with E-state index in [-0.39, 0.29) is 18.0 Å². The molecule has 1 fully saturated rings. The number of carbonyl (C=O) groups is 1. The molecule has 0 radical (unpaired) electrons. The number of amides is 1. The van der Waals surface area contributed by atoms with E-state index in [2.05, 4.69) is 5.32 Å². The average molecular weight is 393 g/mol. The maximum Gasteiger partial charge on any atom is 0.266 e. The normalized spacial score (nSPS) is 21.0. The third kappa shape index (κ3) is 4.91. The van der Waals surface area contributed by atoms with Gasteiger partial charge < -0.3 is 15.8 Å². The van der Waals surface area contributed by atoms with Crippen LogP contribution in [0.5, 0.6) is 5.75 Å². The van der Waals surface area contributed by atoms with Gasteiger partial charge >= 0.3 is 0 Å². The minimum Gasteiger partial charge on any atom is -0.476 e. The summed E-state index contributed by atoms with van der Waals surface area (Å²) in [4.78, 5) is 12.9. The monoisotopic (exact) mass is 392 g/mol. The van der Waals surface area contributed by atoms with Gasteiger partial charge in [0.1, 0.15) is 5.75 Å². The van der Waals surface area contributed by atoms with Crippen LogP contribution in [0.15, 0.2) is 48.5 Å². The summed E-state index contributed by atoms with van der Waals surface area (Å²) in [6, 6.07) is 14.8. The van der Waals surface area contributed by atoms with E-state index < -0.39 is 6.10 Å². The van der Waals surface area contributed by atoms with Gasteiger partial charge in [-0.05, 0) is 37.8 Å². The quantitative estimate of drug-likeness (QED) is 0.786. The topological polar surface area (TPSA) is 64.3 Å². The highest BCUT2D eigenvalue weighted by Gasteiger charge is 2.27. The molecule has 6 heteroatoms. The largest absolute Gasteiger partial charge is 0.476 e. The van der Waals surface area contributed by atoms with Crippen molar-refractivity contribution in [2.75, 3.05) is 0 Å². The molecule has 2 aromatic carbocycles. The maximum atomic E-state index is 12.9. The molecule has 1 unspecified atom stereocenters. The van der Waals surface area contributed by atoms with Crippen LogP contribution >= 0.6 is 23.2 Å². The summed E-state index contributed by atoms with van der Waals surface area (Å²) in [6.07, 6.45) is 2.87. The van der Waals surface area contributed by atoms with Crippen LogP contribution in [0, 0.1) is 0 Å². The number of nitrogens with two attached hydrogens (primary N) is 1. The highest BCUT2D eigenvalue weighted by molar-refractivity contribution is 6.42. The minimum absolute atomic E-state index is 0.130. The van der Waals surface area contributed by atoms with Gasteiger partial charge in [0.15, 0.2) is 0 Å². The van der Waals surface area contributed by atoms with Crippen molar-refractivity contribution < 1.29 is 9.53 Å². The highest BCUT2D eigenvalue weighted by Crippen LogP contribution is 2.30. The van der Waals surface area contributed by atoms with Crippen LogP contribution in [0.2, 0.25) is 10.0 Å². The summed E-state index contributed by atoms with van der Waals surface area (Å²) in [6.45, 7) is 0. The third-order valence-electron chi connectivity index (χ3n) is 4.60. The number of hydrogen-bond acceptors (Lipinski definition) is 3. The maximum absolute atomic E-state index is 12.9. The fourth-order valence-electron chi connectivity index (χ4n) is 3.13. The zero-order chi connectivity index (χ0) is 18.5. The van der Waals surface area contributed by atoms with Crippen molar-refractivity contribution in [1.82, 2.24) is 5.32 Å². The lowest BCUT2D eigenvalue weighted by Gasteiger charge is -2.28. The van der Waals surface area contributed by atoms with Gasteiger partial charge in [0, 0.05) is 23.7 Å². The van der Waals surface area contributed by atoms with Crippen LogP contribution in [-0.2, 0) is 4.79 Å². The molecule has 138 valence electrons. The Labute approximate surface area is 163 Å². The van der Waals surface area contributed by atoms with Crippen molar-refractivity contribution in [2.24, 2.45) is 5.73 Å². The number of carbonyl (C=O) groups excluding carboxylic acids is 1. The van der Waals surface area contributed by atoms with Crippen molar-refractivity contribution in [1.29, 1.82) is 0 Å². The molecule has 3 rings (SSSR count). The van der Waals surface area contributed by atoms with Crippen LogP contribution < -0.4 is 15.8 Å². The summed E-state index contributed by atoms with van der Waals surface area (Å²) in [5, 5.41) is 3.94. The summed E-state index contributed by atoms with van der Waals surface area (Å²) in [5.41, 5.74) is 6.73. The van der Waals surface area contributed by atoms with Gasteiger partial charge in [-0.15, -0.1) is 0 Å². The molecule has 0 bridgehead atoms. The van der Waals surface area contributed by atoms with Gasteiger partial charge in [-0.1, -0.05) is 53.5 Å². The Morgan fingerprint density at radius 3 is 2.38 bits per heavy atom. The van der Waals surface area contributed by atoms with Crippen LogP contribution in [0.1, 0.15) is 37.4 Å². The summed E-state index contributed by atoms with van der Waals surface area (Å²) < 4.78 is 5.98. The van der Waals surface area contributed by atoms with Crippen molar-refractivity contribution in [3.63, 3.8) is 0 Å². The zero-order valence-electron chi connectivity index (χ0n) is 14.3. The van der Waals surface area contributed by atoms with E-state index >= 15 is 0 Å². The summed E-state index contributed by atoms with van der Waals surface area (Å²) >= 11 is 12.0. The standard InChI is InChI=1S/C20H22Cl2N2O2/c21-17-11-10-16(12-18(17)22)26-19(13-4-2-1-3-5-13)20(25)24-15-8-6-14(23)7-9-15/h1-5,10-12,14-15,19H,6-9,23H2,(H,24,25). The number of rotatable bonds is 5. The minimum atomic E-state index is -0.760. The fraction of sp³-hybridized carbons (Fsp3) is 0.350. The van der Waals surface area contributed by atoms with Crippen LogP contribution in [0.4, 0.5) is 0 Å². The fourth-order valence-corrected chi connectivity index (χ4v) is 3.42. The summed E-state index contributed by atoms with van der Waals surface area (Å²) in [5.74, 6) is 0.330. The van der Waals surface area contributed by atoms with Crippen LogP contribution in [0.25, 0.3) is 0 Å². The molecular formula is C20H22Cl2N2O2. The Balaban J connectivity index is 1.76. The molecule has 1 aliphatic carbocycles. The Bertz CT molecular complexity index is 747. The van der Waals surface area contributed by atoms with Gasteiger partial charge in [-0.2, -0.15) is 0 Å². The van der Waals surface area contributed by atoms with Gasteiger partial charge in [-0.3, -0.25) is 4.79 Å². The lowest BCUT2D eigenvalue weighted by Crippen LogP contribution is -2.43. The van der Waals surface area contributed by atoms with Gasteiger partial charge in [-0.25, -0.2) is 0 Å². The van der Waals surface area contributed by atoms with Crippen molar-refractivity contribution in [3.8, 4) is 5.75 Å². The number of benzene rings is 2. The lowest BCUT2D eigenvalue weighted by molar-refractivity contribution is -0.129. The molecule has 1 aliphatic rings. The first kappa shape index (κ1) is 19.0. The molecule has 0 aromatic heterocycles. The number of nitrogens with one attached hydrogen (secondary N) is 1. The molecule has 4 nitrogen and oxygen atoms in total. The molecule has 2 aromatic rings. The van der Waals surface area contributed by atoms with Gasteiger partial charge in [0.2, 0.25) is 6.10 Å². The molecule has 0 aliphatic heterocycles. The van der Waals surface area contributed by atoms with E-state index in [0.29, 0.717) is 15.8 Å². The first-order valence-corrected chi connectivity index (χ1v) is 9.51. The molecule has 0 heterocycles. The summed E-state index contributed by atoms with van der Waals surface area (Å²) in [7, 11) is 0.